The van der Waals surface area contributed by atoms with E-state index in [9.17, 15) is 9.90 Å². The number of ether oxygens (including phenoxy) is 1. The summed E-state index contributed by atoms with van der Waals surface area (Å²) in [6, 6.07) is 0. The van der Waals surface area contributed by atoms with Crippen LogP contribution < -0.4 is 11.4 Å². The van der Waals surface area contributed by atoms with Crippen molar-refractivity contribution in [3.63, 3.8) is 0 Å². The topological polar surface area (TPSA) is 111 Å². The van der Waals surface area contributed by atoms with E-state index in [0.29, 0.717) is 12.0 Å². The van der Waals surface area contributed by atoms with Crippen LogP contribution >= 0.6 is 0 Å². The summed E-state index contributed by atoms with van der Waals surface area (Å²) < 4.78 is 6.72. The second-order valence-corrected chi connectivity index (χ2v) is 5.56. The Labute approximate surface area is 140 Å². The molecule has 0 spiro atoms. The molecule has 0 bridgehead atoms. The Bertz CT molecular complexity index is 726. The fraction of sp³-hybridized carbons (Fsp3) is 0.529. The third-order valence-corrected chi connectivity index (χ3v) is 3.77. The number of aromatic nitrogens is 2. The molecule has 3 atom stereocenters. The first-order valence-electron chi connectivity index (χ1n) is 7.82. The van der Waals surface area contributed by atoms with Gasteiger partial charge >= 0.3 is 5.69 Å². The normalized spacial score (nSPS) is 22.6. The third kappa shape index (κ3) is 4.36. The molecule has 1 fully saturated rings. The third-order valence-electron chi connectivity index (χ3n) is 3.77. The molecule has 1 unspecified atom stereocenters. The predicted molar refractivity (Wildman–Crippen MR) is 88.7 cm³/mol. The summed E-state index contributed by atoms with van der Waals surface area (Å²) in [6.45, 7) is -0.320. The summed E-state index contributed by atoms with van der Waals surface area (Å²) in [7, 11) is 0. The van der Waals surface area contributed by atoms with Gasteiger partial charge in [0.1, 0.15) is 18.1 Å². The number of unbranched alkanes of at least 4 members (excludes halogenated alkanes) is 3. The van der Waals surface area contributed by atoms with Crippen LogP contribution in [0.2, 0.25) is 0 Å². The summed E-state index contributed by atoms with van der Waals surface area (Å²) in [4.78, 5) is 15.8. The number of hydrogen-bond acceptors (Lipinski definition) is 6. The van der Waals surface area contributed by atoms with Crippen LogP contribution in [0.3, 0.4) is 0 Å². The summed E-state index contributed by atoms with van der Waals surface area (Å²) in [5.74, 6) is 8.52. The van der Waals surface area contributed by atoms with Gasteiger partial charge < -0.3 is 20.7 Å². The van der Waals surface area contributed by atoms with Crippen molar-refractivity contribution in [3.8, 4) is 24.2 Å². The number of terminal acetylenes is 1. The van der Waals surface area contributed by atoms with E-state index in [4.69, 9.17) is 22.0 Å². The minimum Gasteiger partial charge on any atom is -0.394 e. The number of aliphatic hydroxyl groups is 2. The molecule has 0 saturated carbocycles. The summed E-state index contributed by atoms with van der Waals surface area (Å²) >= 11 is 0. The summed E-state index contributed by atoms with van der Waals surface area (Å²) in [5, 5.41) is 18.9. The highest BCUT2D eigenvalue weighted by atomic mass is 16.5. The molecule has 1 aromatic heterocycles. The van der Waals surface area contributed by atoms with E-state index in [1.165, 1.54) is 10.8 Å². The maximum absolute atomic E-state index is 12.0. The van der Waals surface area contributed by atoms with Gasteiger partial charge in [-0.3, -0.25) is 4.57 Å². The molecule has 2 heterocycles. The number of nitrogen functional groups attached to an aromatic ring is 1. The standard InChI is InChI=1S/C17H21N3O4/c1-2-3-4-5-6-7-8-12-10-20(17(23)19-16(12)18)15-9-13(22)14(11-21)24-15/h1,10,13-15,21-22H,3-6,9,11H2,(H2,18,19,23)/t13?,14-,15-/m1/s1. The summed E-state index contributed by atoms with van der Waals surface area (Å²) in [6.07, 6.45) is 7.80. The molecule has 1 aliphatic heterocycles. The molecular formula is C17H21N3O4. The number of rotatable bonds is 5. The van der Waals surface area contributed by atoms with Crippen molar-refractivity contribution in [2.24, 2.45) is 0 Å². The van der Waals surface area contributed by atoms with Crippen molar-refractivity contribution < 1.29 is 14.9 Å². The van der Waals surface area contributed by atoms with E-state index in [1.807, 2.05) is 0 Å². The quantitative estimate of drug-likeness (QED) is 0.518. The van der Waals surface area contributed by atoms with E-state index < -0.39 is 24.1 Å². The smallest absolute Gasteiger partial charge is 0.351 e. The molecule has 0 radical (unpaired) electrons. The van der Waals surface area contributed by atoms with Crippen LogP contribution in [0.15, 0.2) is 11.0 Å². The number of anilines is 1. The minimum atomic E-state index is -0.838. The molecule has 0 aliphatic carbocycles. The number of nitrogens with two attached hydrogens (primary N) is 1. The molecule has 128 valence electrons. The van der Waals surface area contributed by atoms with Gasteiger partial charge in [0.2, 0.25) is 0 Å². The number of hydrogen-bond donors (Lipinski definition) is 3. The van der Waals surface area contributed by atoms with Crippen molar-refractivity contribution in [2.75, 3.05) is 12.3 Å². The zero-order valence-electron chi connectivity index (χ0n) is 13.3. The molecule has 1 saturated heterocycles. The van der Waals surface area contributed by atoms with Crippen LogP contribution in [0, 0.1) is 24.2 Å². The Morgan fingerprint density at radius 2 is 2.21 bits per heavy atom. The second-order valence-electron chi connectivity index (χ2n) is 5.56. The van der Waals surface area contributed by atoms with Gasteiger partial charge in [0.05, 0.1) is 18.3 Å². The first-order valence-corrected chi connectivity index (χ1v) is 7.82. The maximum Gasteiger partial charge on any atom is 0.351 e. The molecular weight excluding hydrogens is 310 g/mol. The Balaban J connectivity index is 2.13. The largest absolute Gasteiger partial charge is 0.394 e. The van der Waals surface area contributed by atoms with Crippen molar-refractivity contribution in [1.82, 2.24) is 9.55 Å². The Morgan fingerprint density at radius 3 is 2.88 bits per heavy atom. The van der Waals surface area contributed by atoms with Gasteiger partial charge in [-0.2, -0.15) is 4.98 Å². The van der Waals surface area contributed by atoms with Crippen molar-refractivity contribution in [2.45, 2.75) is 50.5 Å². The van der Waals surface area contributed by atoms with E-state index in [-0.39, 0.29) is 18.8 Å². The highest BCUT2D eigenvalue weighted by Gasteiger charge is 2.35. The van der Waals surface area contributed by atoms with E-state index >= 15 is 0 Å². The van der Waals surface area contributed by atoms with Crippen LogP contribution in [0.5, 0.6) is 0 Å². The molecule has 2 rings (SSSR count). The monoisotopic (exact) mass is 331 g/mol. The lowest BCUT2D eigenvalue weighted by molar-refractivity contribution is -0.0458. The van der Waals surface area contributed by atoms with E-state index in [2.05, 4.69) is 22.7 Å². The fourth-order valence-corrected chi connectivity index (χ4v) is 2.43. The van der Waals surface area contributed by atoms with Crippen molar-refractivity contribution >= 4 is 5.82 Å². The Kier molecular flexibility index (Phi) is 6.39. The average molecular weight is 331 g/mol. The van der Waals surface area contributed by atoms with Gasteiger partial charge in [-0.05, 0) is 12.8 Å². The van der Waals surface area contributed by atoms with Crippen molar-refractivity contribution in [1.29, 1.82) is 0 Å². The molecule has 7 heteroatoms. The van der Waals surface area contributed by atoms with Crippen molar-refractivity contribution in [3.05, 3.63) is 22.2 Å². The highest BCUT2D eigenvalue weighted by molar-refractivity contribution is 5.48. The average Bonchev–Trinajstić information content (AvgIpc) is 2.93. The maximum atomic E-state index is 12.0. The van der Waals surface area contributed by atoms with Gasteiger partial charge in [0.25, 0.3) is 0 Å². The van der Waals surface area contributed by atoms with Gasteiger partial charge in [-0.15, -0.1) is 12.3 Å². The lowest BCUT2D eigenvalue weighted by Crippen LogP contribution is -2.28. The zero-order valence-corrected chi connectivity index (χ0v) is 13.3. The zero-order chi connectivity index (χ0) is 17.5. The highest BCUT2D eigenvalue weighted by Crippen LogP contribution is 2.27. The number of aliphatic hydroxyl groups excluding tert-OH is 2. The van der Waals surface area contributed by atoms with E-state index in [0.717, 1.165) is 19.3 Å². The second kappa shape index (κ2) is 8.51. The van der Waals surface area contributed by atoms with Gasteiger partial charge in [-0.25, -0.2) is 4.79 Å². The fourth-order valence-electron chi connectivity index (χ4n) is 2.43. The Hall–Kier alpha value is -2.32. The Morgan fingerprint density at radius 1 is 1.46 bits per heavy atom. The molecule has 0 amide bonds. The first kappa shape index (κ1) is 18.0. The van der Waals surface area contributed by atoms with E-state index in [1.54, 1.807) is 0 Å². The molecule has 7 nitrogen and oxygen atoms in total. The number of nitrogens with zero attached hydrogens (tertiary/aromatic N) is 2. The SMILES string of the molecule is C#CCCCCC#Cc1cn([C@H]2CC(O)[C@@H](CO)O2)c(=O)nc1N. The lowest BCUT2D eigenvalue weighted by Gasteiger charge is -2.14. The van der Waals surface area contributed by atoms with Gasteiger partial charge in [-0.1, -0.05) is 11.8 Å². The van der Waals surface area contributed by atoms with Crippen LogP contribution in [-0.4, -0.2) is 38.6 Å². The van der Waals surface area contributed by atoms with Crippen LogP contribution in [-0.2, 0) is 4.74 Å². The minimum absolute atomic E-state index is 0.0598. The molecule has 24 heavy (non-hydrogen) atoms. The van der Waals surface area contributed by atoms with Gasteiger partial charge in [0, 0.05) is 25.5 Å². The van der Waals surface area contributed by atoms with Crippen LogP contribution in [0.4, 0.5) is 5.82 Å². The molecule has 1 aromatic rings. The lowest BCUT2D eigenvalue weighted by atomic mass is 10.2. The van der Waals surface area contributed by atoms with Crippen LogP contribution in [0.1, 0.15) is 43.9 Å². The molecule has 1 aliphatic rings. The molecule has 4 N–H and O–H groups in total. The molecule has 0 aromatic carbocycles. The van der Waals surface area contributed by atoms with Crippen LogP contribution in [0.25, 0.3) is 0 Å². The summed E-state index contributed by atoms with van der Waals surface area (Å²) in [5.41, 5.74) is 5.60. The predicted octanol–water partition coefficient (Wildman–Crippen LogP) is 0.0113. The van der Waals surface area contributed by atoms with Gasteiger partial charge in [0.15, 0.2) is 0 Å². The first-order chi connectivity index (χ1) is 11.6.